The molecular formula is C14H22N2OS. The fraction of sp³-hybridized carbons (Fsp3) is 0.643. The first kappa shape index (κ1) is 13.7. The van der Waals surface area contributed by atoms with Crippen LogP contribution in [0.25, 0.3) is 0 Å². The van der Waals surface area contributed by atoms with E-state index in [0.717, 1.165) is 35.8 Å². The van der Waals surface area contributed by atoms with Gasteiger partial charge in [-0.15, -0.1) is 0 Å². The van der Waals surface area contributed by atoms with E-state index in [1.807, 2.05) is 18.7 Å². The zero-order valence-electron chi connectivity index (χ0n) is 11.4. The molecule has 0 spiro atoms. The Morgan fingerprint density at radius 2 is 2.22 bits per heavy atom. The average molecular weight is 266 g/mol. The van der Waals surface area contributed by atoms with Gasteiger partial charge in [-0.25, -0.2) is 0 Å². The highest BCUT2D eigenvalue weighted by atomic mass is 32.2. The molecule has 0 bridgehead atoms. The largest absolute Gasteiger partial charge is 0.392 e. The second kappa shape index (κ2) is 5.49. The van der Waals surface area contributed by atoms with Crippen LogP contribution in [0.4, 0.5) is 5.69 Å². The molecule has 0 amide bonds. The van der Waals surface area contributed by atoms with Gasteiger partial charge >= 0.3 is 0 Å². The lowest BCUT2D eigenvalue weighted by molar-refractivity contribution is 0.281. The third kappa shape index (κ3) is 3.18. The summed E-state index contributed by atoms with van der Waals surface area (Å²) in [6.45, 7) is 8.79. The molecule has 0 saturated carbocycles. The maximum absolute atomic E-state index is 9.44. The Morgan fingerprint density at radius 1 is 1.44 bits per heavy atom. The van der Waals surface area contributed by atoms with Gasteiger partial charge in [-0.1, -0.05) is 13.8 Å². The topological polar surface area (TPSA) is 36.4 Å². The van der Waals surface area contributed by atoms with Crippen molar-refractivity contribution < 1.29 is 5.11 Å². The van der Waals surface area contributed by atoms with Crippen LogP contribution >= 0.6 is 11.8 Å². The Kier molecular flexibility index (Phi) is 4.17. The number of hydrogen-bond donors (Lipinski definition) is 1. The summed E-state index contributed by atoms with van der Waals surface area (Å²) in [5, 5.41) is 9.44. The molecule has 18 heavy (non-hydrogen) atoms. The molecule has 0 radical (unpaired) electrons. The van der Waals surface area contributed by atoms with Crippen molar-refractivity contribution in [3.8, 4) is 0 Å². The van der Waals surface area contributed by atoms with E-state index in [2.05, 4.69) is 29.8 Å². The minimum absolute atomic E-state index is 0.0651. The van der Waals surface area contributed by atoms with Gasteiger partial charge in [-0.3, -0.25) is 4.98 Å². The van der Waals surface area contributed by atoms with Gasteiger partial charge in [0.15, 0.2) is 0 Å². The summed E-state index contributed by atoms with van der Waals surface area (Å²) in [5.41, 5.74) is 3.10. The number of thioether (sulfide) groups is 1. The molecule has 0 aliphatic carbocycles. The van der Waals surface area contributed by atoms with Crippen molar-refractivity contribution in [3.63, 3.8) is 0 Å². The van der Waals surface area contributed by atoms with Crippen LogP contribution in [0, 0.1) is 6.92 Å². The van der Waals surface area contributed by atoms with E-state index in [4.69, 9.17) is 0 Å². The Hall–Kier alpha value is -0.740. The molecule has 1 N–H and O–H groups in total. The van der Waals surface area contributed by atoms with E-state index >= 15 is 0 Å². The third-order valence-electron chi connectivity index (χ3n) is 3.45. The molecule has 0 unspecified atom stereocenters. The van der Waals surface area contributed by atoms with E-state index in [0.29, 0.717) is 4.75 Å². The van der Waals surface area contributed by atoms with Crippen LogP contribution in [0.3, 0.4) is 0 Å². The number of aromatic nitrogens is 1. The van der Waals surface area contributed by atoms with Gasteiger partial charge in [0, 0.05) is 46.7 Å². The van der Waals surface area contributed by atoms with Gasteiger partial charge in [0.1, 0.15) is 0 Å². The van der Waals surface area contributed by atoms with Crippen molar-refractivity contribution in [1.29, 1.82) is 0 Å². The zero-order chi connectivity index (χ0) is 13.2. The van der Waals surface area contributed by atoms with Gasteiger partial charge in [-0.05, 0) is 19.4 Å². The number of pyridine rings is 1. The van der Waals surface area contributed by atoms with Crippen molar-refractivity contribution in [2.45, 2.75) is 38.5 Å². The molecule has 1 aliphatic rings. The third-order valence-corrected chi connectivity index (χ3v) is 4.82. The van der Waals surface area contributed by atoms with Crippen LogP contribution in [0.1, 0.15) is 31.5 Å². The SMILES string of the molecule is Cc1cc(N2CCSC(C)(C)CC2)c(CO)cn1. The fourth-order valence-corrected chi connectivity index (χ4v) is 3.35. The van der Waals surface area contributed by atoms with Gasteiger partial charge < -0.3 is 10.0 Å². The summed E-state index contributed by atoms with van der Waals surface area (Å²) < 4.78 is 0.357. The highest BCUT2D eigenvalue weighted by molar-refractivity contribution is 8.00. The highest BCUT2D eigenvalue weighted by Gasteiger charge is 2.24. The van der Waals surface area contributed by atoms with Crippen molar-refractivity contribution in [1.82, 2.24) is 4.98 Å². The number of nitrogens with zero attached hydrogens (tertiary/aromatic N) is 2. The predicted molar refractivity (Wildman–Crippen MR) is 78.3 cm³/mol. The minimum Gasteiger partial charge on any atom is -0.392 e. The molecule has 0 atom stereocenters. The second-order valence-electron chi connectivity index (χ2n) is 5.46. The minimum atomic E-state index is 0.0651. The Bertz CT molecular complexity index is 420. The summed E-state index contributed by atoms with van der Waals surface area (Å²) >= 11 is 2.04. The maximum atomic E-state index is 9.44. The van der Waals surface area contributed by atoms with Crippen LogP contribution in [0.15, 0.2) is 12.3 Å². The molecule has 1 aromatic heterocycles. The molecule has 3 nitrogen and oxygen atoms in total. The normalized spacial score (nSPS) is 19.7. The number of aliphatic hydroxyl groups excluding tert-OH is 1. The van der Waals surface area contributed by atoms with Crippen molar-refractivity contribution in [2.24, 2.45) is 0 Å². The van der Waals surface area contributed by atoms with Crippen LogP contribution in [0.2, 0.25) is 0 Å². The highest BCUT2D eigenvalue weighted by Crippen LogP contribution is 2.33. The van der Waals surface area contributed by atoms with Crippen LogP contribution in [0.5, 0.6) is 0 Å². The zero-order valence-corrected chi connectivity index (χ0v) is 12.3. The monoisotopic (exact) mass is 266 g/mol. The van der Waals surface area contributed by atoms with E-state index in [1.165, 1.54) is 6.42 Å². The van der Waals surface area contributed by atoms with Crippen LogP contribution in [-0.2, 0) is 6.61 Å². The standard InChI is InChI=1S/C14H22N2OS/c1-11-8-13(12(10-17)9-15-11)16-5-4-14(2,3)18-7-6-16/h8-9,17H,4-7,10H2,1-3H3. The van der Waals surface area contributed by atoms with Gasteiger partial charge in [0.05, 0.1) is 6.61 Å². The molecular weight excluding hydrogens is 244 g/mol. The lowest BCUT2D eigenvalue weighted by atomic mass is 10.1. The summed E-state index contributed by atoms with van der Waals surface area (Å²) in [6.07, 6.45) is 2.97. The maximum Gasteiger partial charge on any atom is 0.0717 e. The van der Waals surface area contributed by atoms with Crippen molar-refractivity contribution >= 4 is 17.4 Å². The Morgan fingerprint density at radius 3 is 2.94 bits per heavy atom. The smallest absolute Gasteiger partial charge is 0.0717 e. The summed E-state index contributed by atoms with van der Waals surface area (Å²) in [7, 11) is 0. The predicted octanol–water partition coefficient (Wildman–Crippen LogP) is 2.60. The van der Waals surface area contributed by atoms with E-state index < -0.39 is 0 Å². The first-order chi connectivity index (χ1) is 8.52. The summed E-state index contributed by atoms with van der Waals surface area (Å²) in [5.74, 6) is 1.14. The quantitative estimate of drug-likeness (QED) is 0.892. The Balaban J connectivity index is 2.23. The number of aryl methyl sites for hydroxylation is 1. The number of hydrogen-bond acceptors (Lipinski definition) is 4. The molecule has 4 heteroatoms. The van der Waals surface area contributed by atoms with Gasteiger partial charge in [0.2, 0.25) is 0 Å². The van der Waals surface area contributed by atoms with E-state index in [9.17, 15) is 5.11 Å². The van der Waals surface area contributed by atoms with Crippen molar-refractivity contribution in [3.05, 3.63) is 23.5 Å². The lowest BCUT2D eigenvalue weighted by Gasteiger charge is -2.26. The summed E-state index contributed by atoms with van der Waals surface area (Å²) in [6, 6.07) is 2.09. The second-order valence-corrected chi connectivity index (χ2v) is 7.26. The molecule has 1 saturated heterocycles. The molecule has 1 aromatic rings. The first-order valence-corrected chi connectivity index (χ1v) is 7.46. The van der Waals surface area contributed by atoms with E-state index in [1.54, 1.807) is 6.20 Å². The summed E-state index contributed by atoms with van der Waals surface area (Å²) in [4.78, 5) is 6.66. The van der Waals surface area contributed by atoms with Crippen LogP contribution < -0.4 is 4.90 Å². The molecule has 1 aliphatic heterocycles. The van der Waals surface area contributed by atoms with Crippen molar-refractivity contribution in [2.75, 3.05) is 23.7 Å². The number of rotatable bonds is 2. The molecule has 2 heterocycles. The molecule has 1 fully saturated rings. The van der Waals surface area contributed by atoms with Crippen LogP contribution in [-0.4, -0.2) is 33.7 Å². The average Bonchev–Trinajstić information content (AvgIpc) is 2.50. The number of anilines is 1. The molecule has 0 aromatic carbocycles. The Labute approximate surface area is 114 Å². The first-order valence-electron chi connectivity index (χ1n) is 6.47. The molecule has 2 rings (SSSR count). The van der Waals surface area contributed by atoms with E-state index in [-0.39, 0.29) is 6.61 Å². The number of aliphatic hydroxyl groups is 1. The van der Waals surface area contributed by atoms with Gasteiger partial charge in [0.25, 0.3) is 0 Å². The lowest BCUT2D eigenvalue weighted by Crippen LogP contribution is -2.28. The molecule has 100 valence electrons. The fourth-order valence-electron chi connectivity index (χ4n) is 2.25. The van der Waals surface area contributed by atoms with Gasteiger partial charge in [-0.2, -0.15) is 11.8 Å².